The Balaban J connectivity index is 1.88. The summed E-state index contributed by atoms with van der Waals surface area (Å²) in [5.74, 6) is -0.0347. The van der Waals surface area contributed by atoms with E-state index in [2.05, 4.69) is 0 Å². The van der Waals surface area contributed by atoms with Crippen molar-refractivity contribution in [2.75, 3.05) is 13.1 Å². The molecule has 0 saturated carbocycles. The minimum atomic E-state index is -1.35. The Morgan fingerprint density at radius 1 is 1.39 bits per heavy atom. The second-order valence-electron chi connectivity index (χ2n) is 4.51. The van der Waals surface area contributed by atoms with E-state index in [9.17, 15) is 19.4 Å². The molecule has 0 spiro atoms. The second kappa shape index (κ2) is 5.35. The van der Waals surface area contributed by atoms with Crippen LogP contribution in [0.5, 0.6) is 5.75 Å². The minimum Gasteiger partial charge on any atom is -0.508 e. The van der Waals surface area contributed by atoms with E-state index in [0.29, 0.717) is 12.0 Å². The number of aliphatic hydroxyl groups is 1. The van der Waals surface area contributed by atoms with Crippen molar-refractivity contribution in [3.8, 4) is 5.75 Å². The normalized spacial score (nSPS) is 23.3. The molecule has 2 N–H and O–H groups in total. The monoisotopic (exact) mass is 253 g/mol. The summed E-state index contributed by atoms with van der Waals surface area (Å²) in [6, 6.07) is 6.82. The van der Waals surface area contributed by atoms with Crippen LogP contribution >= 0.6 is 0 Å². The molecule has 2 rings (SSSR count). The van der Waals surface area contributed by atoms with Crippen molar-refractivity contribution in [3.63, 3.8) is 0 Å². The zero-order chi connectivity index (χ0) is 13.1. The van der Waals surface area contributed by atoms with Crippen LogP contribution in [-0.2, 0) is 11.2 Å². The molecule has 0 bridgehead atoms. The fourth-order valence-corrected chi connectivity index (χ4v) is 2.07. The highest BCUT2D eigenvalue weighted by molar-refractivity contribution is 5.77. The number of aliphatic hydroxyl groups excluding tert-OH is 1. The Hall–Kier alpha value is -1.62. The summed E-state index contributed by atoms with van der Waals surface area (Å²) in [6.07, 6.45) is -1.80. The molecule has 0 unspecified atom stereocenters. The predicted octanol–water partition coefficient (Wildman–Crippen LogP) is 0.866. The molecule has 1 aliphatic heterocycles. The number of rotatable bonds is 3. The van der Waals surface area contributed by atoms with Gasteiger partial charge in [0, 0.05) is 13.0 Å². The number of para-hydroxylation sites is 1. The van der Waals surface area contributed by atoms with E-state index < -0.39 is 12.3 Å². The van der Waals surface area contributed by atoms with E-state index >= 15 is 0 Å². The number of benzene rings is 1. The molecule has 18 heavy (non-hydrogen) atoms. The van der Waals surface area contributed by atoms with Crippen molar-refractivity contribution in [1.82, 2.24) is 4.90 Å². The Morgan fingerprint density at radius 3 is 2.72 bits per heavy atom. The molecular formula is C13H16FNO3. The van der Waals surface area contributed by atoms with Crippen LogP contribution in [0, 0.1) is 0 Å². The van der Waals surface area contributed by atoms with Crippen LogP contribution in [-0.4, -0.2) is 46.4 Å². The molecule has 1 aliphatic rings. The third kappa shape index (κ3) is 2.79. The summed E-state index contributed by atoms with van der Waals surface area (Å²) in [5.41, 5.74) is 0.697. The molecule has 0 aliphatic carbocycles. The first-order chi connectivity index (χ1) is 8.58. The van der Waals surface area contributed by atoms with E-state index in [1.54, 1.807) is 24.3 Å². The van der Waals surface area contributed by atoms with Crippen LogP contribution in [0.15, 0.2) is 24.3 Å². The Bertz CT molecular complexity index is 428. The number of alkyl halides is 1. The van der Waals surface area contributed by atoms with E-state index in [0.717, 1.165) is 0 Å². The van der Waals surface area contributed by atoms with Crippen LogP contribution < -0.4 is 0 Å². The Kier molecular flexibility index (Phi) is 3.81. The van der Waals surface area contributed by atoms with E-state index in [4.69, 9.17) is 0 Å². The van der Waals surface area contributed by atoms with Gasteiger partial charge in [-0.25, -0.2) is 4.39 Å². The molecular weight excluding hydrogens is 237 g/mol. The first-order valence-corrected chi connectivity index (χ1v) is 5.94. The molecule has 1 heterocycles. The summed E-state index contributed by atoms with van der Waals surface area (Å²) in [5, 5.41) is 18.8. The van der Waals surface area contributed by atoms with E-state index in [1.165, 1.54) is 4.90 Å². The molecule has 5 heteroatoms. The zero-order valence-corrected chi connectivity index (χ0v) is 9.92. The Morgan fingerprint density at radius 2 is 2.11 bits per heavy atom. The van der Waals surface area contributed by atoms with Gasteiger partial charge in [-0.3, -0.25) is 4.79 Å². The maximum atomic E-state index is 13.1. The molecule has 2 atom stereocenters. The van der Waals surface area contributed by atoms with Gasteiger partial charge in [0.15, 0.2) is 0 Å². The SMILES string of the molecule is O=C(CCc1ccccc1O)N1C[C@@H](O)[C@H](F)C1. The highest BCUT2D eigenvalue weighted by Gasteiger charge is 2.33. The lowest BCUT2D eigenvalue weighted by atomic mass is 10.1. The molecule has 1 aromatic carbocycles. The molecule has 1 fully saturated rings. The van der Waals surface area contributed by atoms with Gasteiger partial charge in [-0.2, -0.15) is 0 Å². The van der Waals surface area contributed by atoms with Gasteiger partial charge in [0.1, 0.15) is 18.0 Å². The minimum absolute atomic E-state index is 0.0409. The van der Waals surface area contributed by atoms with Crippen LogP contribution in [0.3, 0.4) is 0 Å². The highest BCUT2D eigenvalue weighted by Crippen LogP contribution is 2.19. The topological polar surface area (TPSA) is 60.8 Å². The quantitative estimate of drug-likeness (QED) is 0.840. The number of phenolic OH excluding ortho intramolecular Hbond substituents is 1. The van der Waals surface area contributed by atoms with E-state index in [1.807, 2.05) is 0 Å². The number of hydrogen-bond acceptors (Lipinski definition) is 3. The number of carbonyl (C=O) groups excluding carboxylic acids is 1. The van der Waals surface area contributed by atoms with Gasteiger partial charge in [0.2, 0.25) is 5.91 Å². The van der Waals surface area contributed by atoms with Gasteiger partial charge in [-0.05, 0) is 18.1 Å². The van der Waals surface area contributed by atoms with Gasteiger partial charge < -0.3 is 15.1 Å². The van der Waals surface area contributed by atoms with Crippen LogP contribution in [0.2, 0.25) is 0 Å². The first kappa shape index (κ1) is 12.8. The number of nitrogens with zero attached hydrogens (tertiary/aromatic N) is 1. The molecule has 1 saturated heterocycles. The van der Waals surface area contributed by atoms with Gasteiger partial charge in [0.05, 0.1) is 6.54 Å². The van der Waals surface area contributed by atoms with Crippen LogP contribution in [0.1, 0.15) is 12.0 Å². The summed E-state index contributed by atoms with van der Waals surface area (Å²) in [4.78, 5) is 13.1. The average molecular weight is 253 g/mol. The number of aryl methyl sites for hydroxylation is 1. The number of hydrogen-bond donors (Lipinski definition) is 2. The summed E-state index contributed by atoms with van der Waals surface area (Å²) < 4.78 is 13.1. The zero-order valence-electron chi connectivity index (χ0n) is 9.92. The second-order valence-corrected chi connectivity index (χ2v) is 4.51. The smallest absolute Gasteiger partial charge is 0.223 e. The molecule has 0 radical (unpaired) electrons. The molecule has 1 amide bonds. The molecule has 0 aromatic heterocycles. The number of carbonyl (C=O) groups is 1. The summed E-state index contributed by atoms with van der Waals surface area (Å²) >= 11 is 0. The van der Waals surface area contributed by atoms with Crippen LogP contribution in [0.25, 0.3) is 0 Å². The van der Waals surface area contributed by atoms with Gasteiger partial charge in [-0.1, -0.05) is 18.2 Å². The number of amides is 1. The first-order valence-electron chi connectivity index (χ1n) is 5.94. The lowest BCUT2D eigenvalue weighted by Crippen LogP contribution is -2.29. The van der Waals surface area contributed by atoms with Crippen molar-refractivity contribution < 1.29 is 19.4 Å². The number of halogens is 1. The fourth-order valence-electron chi connectivity index (χ4n) is 2.07. The largest absolute Gasteiger partial charge is 0.508 e. The number of phenols is 1. The van der Waals surface area contributed by atoms with Gasteiger partial charge in [0.25, 0.3) is 0 Å². The lowest BCUT2D eigenvalue weighted by Gasteiger charge is -2.15. The lowest BCUT2D eigenvalue weighted by molar-refractivity contribution is -0.130. The average Bonchev–Trinajstić information content (AvgIpc) is 2.68. The summed E-state index contributed by atoms with van der Waals surface area (Å²) in [7, 11) is 0. The van der Waals surface area contributed by atoms with Crippen molar-refractivity contribution in [1.29, 1.82) is 0 Å². The third-order valence-corrected chi connectivity index (χ3v) is 3.17. The van der Waals surface area contributed by atoms with Crippen molar-refractivity contribution in [3.05, 3.63) is 29.8 Å². The number of β-amino-alcohol motifs (C(OH)–C–C–N with tert-alkyl or cyclic N) is 1. The van der Waals surface area contributed by atoms with E-state index in [-0.39, 0.29) is 31.2 Å². The van der Waals surface area contributed by atoms with Crippen molar-refractivity contribution >= 4 is 5.91 Å². The Labute approximate surface area is 105 Å². The van der Waals surface area contributed by atoms with Crippen molar-refractivity contribution in [2.45, 2.75) is 25.1 Å². The predicted molar refractivity (Wildman–Crippen MR) is 63.9 cm³/mol. The molecule has 4 nitrogen and oxygen atoms in total. The molecule has 1 aromatic rings. The third-order valence-electron chi connectivity index (χ3n) is 3.17. The maximum Gasteiger partial charge on any atom is 0.223 e. The van der Waals surface area contributed by atoms with Gasteiger partial charge in [-0.15, -0.1) is 0 Å². The maximum absolute atomic E-state index is 13.1. The fraction of sp³-hybridized carbons (Fsp3) is 0.462. The molecule has 98 valence electrons. The number of likely N-dealkylation sites (tertiary alicyclic amines) is 1. The van der Waals surface area contributed by atoms with Crippen LogP contribution in [0.4, 0.5) is 4.39 Å². The standard InChI is InChI=1S/C13H16FNO3/c14-10-7-15(8-12(10)17)13(18)6-5-9-3-1-2-4-11(9)16/h1-4,10,12,16-17H,5-8H2/t10-,12-/m1/s1. The van der Waals surface area contributed by atoms with Crippen molar-refractivity contribution in [2.24, 2.45) is 0 Å². The number of aromatic hydroxyl groups is 1. The summed E-state index contributed by atoms with van der Waals surface area (Å²) in [6.45, 7) is 0.0154. The highest BCUT2D eigenvalue weighted by atomic mass is 19.1. The van der Waals surface area contributed by atoms with Gasteiger partial charge >= 0.3 is 0 Å².